The molecule has 0 aromatic carbocycles. The Morgan fingerprint density at radius 1 is 1.57 bits per heavy atom. The number of rotatable bonds is 4. The minimum absolute atomic E-state index is 0.678. The lowest BCUT2D eigenvalue weighted by Gasteiger charge is -2.13. The zero-order chi connectivity index (χ0) is 10.6. The summed E-state index contributed by atoms with van der Waals surface area (Å²) < 4.78 is 0. The van der Waals surface area contributed by atoms with Crippen LogP contribution in [0.25, 0.3) is 0 Å². The van der Waals surface area contributed by atoms with Crippen molar-refractivity contribution in [2.75, 3.05) is 33.7 Å². The highest BCUT2D eigenvalue weighted by Crippen LogP contribution is 2.25. The van der Waals surface area contributed by atoms with Crippen molar-refractivity contribution in [1.82, 2.24) is 10.2 Å². The van der Waals surface area contributed by atoms with Gasteiger partial charge in [0.25, 0.3) is 0 Å². The minimum atomic E-state index is 0.678. The lowest BCUT2D eigenvalue weighted by Crippen LogP contribution is -2.29. The molecule has 0 saturated heterocycles. The van der Waals surface area contributed by atoms with E-state index in [0.29, 0.717) is 5.25 Å². The minimum Gasteiger partial charge on any atom is -0.364 e. The Bertz CT molecular complexity index is 202. The predicted molar refractivity (Wildman–Crippen MR) is 65.1 cm³/mol. The van der Waals surface area contributed by atoms with Crippen molar-refractivity contribution in [1.29, 1.82) is 0 Å². The summed E-state index contributed by atoms with van der Waals surface area (Å²) in [6, 6.07) is 0. The fraction of sp³-hybridized carbons (Fsp3) is 0.900. The Kier molecular flexibility index (Phi) is 4.75. The molecule has 0 radical (unpaired) electrons. The van der Waals surface area contributed by atoms with E-state index in [1.54, 1.807) is 0 Å². The molecule has 82 valence electrons. The second-order valence-corrected chi connectivity index (χ2v) is 5.50. The van der Waals surface area contributed by atoms with Gasteiger partial charge in [0.1, 0.15) is 0 Å². The zero-order valence-corrected chi connectivity index (χ0v) is 10.4. The first-order chi connectivity index (χ1) is 6.59. The first-order valence-corrected chi connectivity index (χ1v) is 6.07. The number of thioether (sulfide) groups is 1. The van der Waals surface area contributed by atoms with Gasteiger partial charge in [-0.25, -0.2) is 0 Å². The van der Waals surface area contributed by atoms with Gasteiger partial charge >= 0.3 is 0 Å². The van der Waals surface area contributed by atoms with E-state index >= 15 is 0 Å². The highest BCUT2D eigenvalue weighted by molar-refractivity contribution is 8.14. The highest BCUT2D eigenvalue weighted by atomic mass is 32.2. The van der Waals surface area contributed by atoms with Crippen molar-refractivity contribution >= 4 is 16.9 Å². The molecular formula is C10H21N3S. The van der Waals surface area contributed by atoms with E-state index in [9.17, 15) is 0 Å². The maximum Gasteiger partial charge on any atom is 0.156 e. The van der Waals surface area contributed by atoms with E-state index < -0.39 is 0 Å². The fourth-order valence-corrected chi connectivity index (χ4v) is 2.26. The second kappa shape index (κ2) is 5.61. The van der Waals surface area contributed by atoms with Crippen LogP contribution in [0.4, 0.5) is 0 Å². The van der Waals surface area contributed by atoms with Gasteiger partial charge in [0, 0.05) is 18.3 Å². The van der Waals surface area contributed by atoms with Crippen molar-refractivity contribution in [3.8, 4) is 0 Å². The number of aliphatic imine (C=N–C) groups is 1. The zero-order valence-electron chi connectivity index (χ0n) is 9.58. The molecule has 1 rings (SSSR count). The molecule has 1 N–H and O–H groups in total. The van der Waals surface area contributed by atoms with Crippen LogP contribution in [0.15, 0.2) is 4.99 Å². The van der Waals surface area contributed by atoms with Gasteiger partial charge in [0.15, 0.2) is 5.17 Å². The van der Waals surface area contributed by atoms with Gasteiger partial charge in [-0.3, -0.25) is 4.99 Å². The summed E-state index contributed by atoms with van der Waals surface area (Å²) in [4.78, 5) is 6.66. The van der Waals surface area contributed by atoms with Gasteiger partial charge in [0.2, 0.25) is 0 Å². The predicted octanol–water partition coefficient (Wildman–Crippen LogP) is 1.27. The highest BCUT2D eigenvalue weighted by Gasteiger charge is 2.21. The maximum atomic E-state index is 4.49. The molecule has 0 spiro atoms. The molecule has 0 aliphatic carbocycles. The van der Waals surface area contributed by atoms with Crippen LogP contribution >= 0.6 is 11.8 Å². The van der Waals surface area contributed by atoms with Crippen LogP contribution in [0.2, 0.25) is 0 Å². The summed E-state index contributed by atoms with van der Waals surface area (Å²) in [5.41, 5.74) is 0. The molecule has 0 saturated carbocycles. The van der Waals surface area contributed by atoms with Gasteiger partial charge in [0.05, 0.1) is 6.54 Å². The third-order valence-corrected chi connectivity index (χ3v) is 3.75. The molecule has 0 aromatic heterocycles. The van der Waals surface area contributed by atoms with E-state index in [4.69, 9.17) is 0 Å². The third kappa shape index (κ3) is 3.88. The molecule has 0 fully saturated rings. The molecule has 1 atom stereocenters. The van der Waals surface area contributed by atoms with E-state index in [-0.39, 0.29) is 0 Å². The Balaban J connectivity index is 2.16. The fourth-order valence-electron chi connectivity index (χ4n) is 1.22. The molecular weight excluding hydrogens is 194 g/mol. The average molecular weight is 215 g/mol. The first-order valence-electron chi connectivity index (χ1n) is 5.19. The van der Waals surface area contributed by atoms with E-state index in [1.165, 1.54) is 0 Å². The molecule has 0 amide bonds. The van der Waals surface area contributed by atoms with Crippen LogP contribution in [0, 0.1) is 5.92 Å². The van der Waals surface area contributed by atoms with Gasteiger partial charge in [-0.2, -0.15) is 0 Å². The van der Waals surface area contributed by atoms with Crippen molar-refractivity contribution in [3.63, 3.8) is 0 Å². The Morgan fingerprint density at radius 2 is 2.29 bits per heavy atom. The summed E-state index contributed by atoms with van der Waals surface area (Å²) in [5.74, 6) is 0.719. The molecule has 0 aromatic rings. The molecule has 1 aliphatic heterocycles. The quantitative estimate of drug-likeness (QED) is 0.765. The maximum absolute atomic E-state index is 4.49. The van der Waals surface area contributed by atoms with Crippen molar-refractivity contribution < 1.29 is 0 Å². The number of hydrogen-bond donors (Lipinski definition) is 1. The molecule has 1 unspecified atom stereocenters. The van der Waals surface area contributed by atoms with Crippen LogP contribution in [0.1, 0.15) is 13.8 Å². The van der Waals surface area contributed by atoms with Crippen molar-refractivity contribution in [2.45, 2.75) is 19.1 Å². The Hall–Kier alpha value is -0.220. The van der Waals surface area contributed by atoms with E-state index in [0.717, 1.165) is 30.7 Å². The molecule has 1 aliphatic rings. The summed E-state index contributed by atoms with van der Waals surface area (Å²) in [6.07, 6.45) is 0. The van der Waals surface area contributed by atoms with Crippen LogP contribution < -0.4 is 5.32 Å². The lowest BCUT2D eigenvalue weighted by atomic mass is 10.1. The SMILES string of the molecule is CC(C)C1CN=C(NCCN(C)C)S1. The Labute approximate surface area is 91.3 Å². The van der Waals surface area contributed by atoms with E-state index in [2.05, 4.69) is 43.2 Å². The number of nitrogens with one attached hydrogen (secondary N) is 1. The standard InChI is InChI=1S/C10H21N3S/c1-8(2)9-7-12-10(14-9)11-5-6-13(3)4/h8-9H,5-7H2,1-4H3,(H,11,12). The number of amidine groups is 1. The topological polar surface area (TPSA) is 27.6 Å². The van der Waals surface area contributed by atoms with Gasteiger partial charge in [-0.1, -0.05) is 25.6 Å². The van der Waals surface area contributed by atoms with Gasteiger partial charge in [-0.15, -0.1) is 0 Å². The molecule has 0 bridgehead atoms. The summed E-state index contributed by atoms with van der Waals surface area (Å²) >= 11 is 1.89. The summed E-state index contributed by atoms with van der Waals surface area (Å²) in [5, 5.41) is 5.18. The summed E-state index contributed by atoms with van der Waals surface area (Å²) in [6.45, 7) is 7.55. The van der Waals surface area contributed by atoms with E-state index in [1.807, 2.05) is 11.8 Å². The number of hydrogen-bond acceptors (Lipinski definition) is 4. The average Bonchev–Trinajstić information content (AvgIpc) is 2.52. The normalized spacial score (nSPS) is 21.9. The summed E-state index contributed by atoms with van der Waals surface area (Å²) in [7, 11) is 4.17. The number of likely N-dealkylation sites (N-methyl/N-ethyl adjacent to an activating group) is 1. The molecule has 4 heteroatoms. The van der Waals surface area contributed by atoms with Crippen LogP contribution in [0.5, 0.6) is 0 Å². The largest absolute Gasteiger partial charge is 0.364 e. The second-order valence-electron chi connectivity index (χ2n) is 4.28. The van der Waals surface area contributed by atoms with Crippen LogP contribution in [-0.4, -0.2) is 49.0 Å². The van der Waals surface area contributed by atoms with Crippen LogP contribution in [-0.2, 0) is 0 Å². The first kappa shape index (κ1) is 11.9. The monoisotopic (exact) mass is 215 g/mol. The number of nitrogens with zero attached hydrogens (tertiary/aromatic N) is 2. The van der Waals surface area contributed by atoms with Gasteiger partial charge in [-0.05, 0) is 20.0 Å². The van der Waals surface area contributed by atoms with Crippen LogP contribution in [0.3, 0.4) is 0 Å². The Morgan fingerprint density at radius 3 is 2.79 bits per heavy atom. The molecule has 1 heterocycles. The molecule has 3 nitrogen and oxygen atoms in total. The van der Waals surface area contributed by atoms with Crippen molar-refractivity contribution in [2.24, 2.45) is 10.9 Å². The smallest absolute Gasteiger partial charge is 0.156 e. The van der Waals surface area contributed by atoms with Crippen molar-refractivity contribution in [3.05, 3.63) is 0 Å². The lowest BCUT2D eigenvalue weighted by molar-refractivity contribution is 0.413. The van der Waals surface area contributed by atoms with Gasteiger partial charge < -0.3 is 10.2 Å². The third-order valence-electron chi connectivity index (χ3n) is 2.26. The molecule has 14 heavy (non-hydrogen) atoms.